The van der Waals surface area contributed by atoms with Crippen LogP contribution in [0.1, 0.15) is 58.8 Å². The molecule has 0 heteroatoms. The highest BCUT2D eigenvalue weighted by Crippen LogP contribution is 2.23. The van der Waals surface area contributed by atoms with E-state index in [4.69, 9.17) is 0 Å². The normalized spacial score (nSPS) is 20.2. The summed E-state index contributed by atoms with van der Waals surface area (Å²) in [5.74, 6) is 8.33. The van der Waals surface area contributed by atoms with Gasteiger partial charge in [0.25, 0.3) is 0 Å². The molecule has 0 heterocycles. The van der Waals surface area contributed by atoms with Crippen LogP contribution in [-0.4, -0.2) is 0 Å². The molecule has 1 rings (SSSR count). The van der Waals surface area contributed by atoms with Gasteiger partial charge < -0.3 is 0 Å². The van der Waals surface area contributed by atoms with Crippen molar-refractivity contribution in [3.63, 3.8) is 0 Å². The Morgan fingerprint density at radius 2 is 1.85 bits per heavy atom. The van der Waals surface area contributed by atoms with E-state index < -0.39 is 0 Å². The molecule has 1 aliphatic carbocycles. The minimum absolute atomic E-state index is 0.921. The summed E-state index contributed by atoms with van der Waals surface area (Å²) in [5, 5.41) is 0. The molecule has 1 atom stereocenters. The molecule has 1 aliphatic rings. The van der Waals surface area contributed by atoms with E-state index in [1.165, 1.54) is 32.1 Å². The molecule has 0 amide bonds. The third-order valence-corrected chi connectivity index (χ3v) is 3.24. The van der Waals surface area contributed by atoms with Gasteiger partial charge in [0.1, 0.15) is 0 Å². The second-order valence-electron chi connectivity index (χ2n) is 4.39. The van der Waals surface area contributed by atoms with E-state index in [9.17, 15) is 0 Å². The summed E-state index contributed by atoms with van der Waals surface area (Å²) >= 11 is 0. The van der Waals surface area contributed by atoms with Gasteiger partial charge in [-0.1, -0.05) is 33.1 Å². The summed E-state index contributed by atoms with van der Waals surface area (Å²) in [4.78, 5) is 0. The van der Waals surface area contributed by atoms with Gasteiger partial charge in [-0.15, -0.1) is 11.8 Å². The average Bonchev–Trinajstić information content (AvgIpc) is 2.42. The number of rotatable bonds is 4. The van der Waals surface area contributed by atoms with Crippen molar-refractivity contribution in [1.29, 1.82) is 0 Å². The van der Waals surface area contributed by atoms with E-state index in [-0.39, 0.29) is 0 Å². The Kier molecular flexibility index (Phi) is 4.98. The van der Waals surface area contributed by atoms with Crippen molar-refractivity contribution in [2.24, 2.45) is 11.8 Å². The maximum Gasteiger partial charge on any atom is 0.00913 e. The van der Waals surface area contributed by atoms with Crippen LogP contribution in [0.5, 0.6) is 0 Å². The molecule has 0 nitrogen and oxygen atoms in total. The predicted octanol–water partition coefficient (Wildman–Crippen LogP) is 4.01. The second kappa shape index (κ2) is 6.08. The molecule has 0 spiro atoms. The van der Waals surface area contributed by atoms with Gasteiger partial charge in [0.05, 0.1) is 0 Å². The van der Waals surface area contributed by atoms with Crippen molar-refractivity contribution in [2.45, 2.75) is 58.8 Å². The van der Waals surface area contributed by atoms with E-state index in [0.29, 0.717) is 0 Å². The Hall–Kier alpha value is -0.440. The molecule has 13 heavy (non-hydrogen) atoms. The molecular formula is C13H22. The van der Waals surface area contributed by atoms with Crippen molar-refractivity contribution in [1.82, 2.24) is 0 Å². The van der Waals surface area contributed by atoms with E-state index in [1.54, 1.807) is 0 Å². The van der Waals surface area contributed by atoms with Gasteiger partial charge in [0, 0.05) is 12.8 Å². The van der Waals surface area contributed by atoms with Crippen molar-refractivity contribution in [3.8, 4) is 11.8 Å². The van der Waals surface area contributed by atoms with Crippen molar-refractivity contribution in [3.05, 3.63) is 0 Å². The quantitative estimate of drug-likeness (QED) is 0.571. The molecule has 0 fully saturated rings. The van der Waals surface area contributed by atoms with E-state index in [1.807, 2.05) is 0 Å². The van der Waals surface area contributed by atoms with Crippen LogP contribution in [0.25, 0.3) is 0 Å². The van der Waals surface area contributed by atoms with Gasteiger partial charge in [-0.25, -0.2) is 0 Å². The molecule has 0 bridgehead atoms. The fraction of sp³-hybridized carbons (Fsp3) is 0.846. The highest BCUT2D eigenvalue weighted by molar-refractivity contribution is 5.01. The van der Waals surface area contributed by atoms with Crippen molar-refractivity contribution in [2.75, 3.05) is 0 Å². The van der Waals surface area contributed by atoms with Gasteiger partial charge in [-0.2, -0.15) is 0 Å². The molecule has 0 saturated heterocycles. The largest absolute Gasteiger partial charge is 0.103 e. The summed E-state index contributed by atoms with van der Waals surface area (Å²) in [6.45, 7) is 4.66. The van der Waals surface area contributed by atoms with Crippen LogP contribution in [0.15, 0.2) is 0 Å². The first kappa shape index (κ1) is 10.6. The summed E-state index contributed by atoms with van der Waals surface area (Å²) in [5.41, 5.74) is 0. The van der Waals surface area contributed by atoms with Crippen molar-refractivity contribution >= 4 is 0 Å². The summed E-state index contributed by atoms with van der Waals surface area (Å²) < 4.78 is 0. The Labute approximate surface area is 83.1 Å². The van der Waals surface area contributed by atoms with Crippen LogP contribution in [0.2, 0.25) is 0 Å². The lowest BCUT2D eigenvalue weighted by Gasteiger charge is -2.15. The first-order chi connectivity index (χ1) is 6.33. The predicted molar refractivity (Wildman–Crippen MR) is 58.4 cm³/mol. The fourth-order valence-corrected chi connectivity index (χ4v) is 1.89. The molecule has 0 aromatic carbocycles. The molecular weight excluding hydrogens is 156 g/mol. The SMILES string of the molecule is CCC(C)CCC1CCC#CCC1. The van der Waals surface area contributed by atoms with Gasteiger partial charge in [-0.05, 0) is 24.7 Å². The molecule has 1 unspecified atom stereocenters. The number of hydrogen-bond donors (Lipinski definition) is 0. The first-order valence-electron chi connectivity index (χ1n) is 5.78. The standard InChI is InChI=1S/C13H22/c1-3-12(2)10-11-13-8-6-4-5-7-9-13/h12-13H,3,6-11H2,1-2H3. The van der Waals surface area contributed by atoms with Crippen LogP contribution in [0, 0.1) is 23.7 Å². The zero-order valence-electron chi connectivity index (χ0n) is 9.10. The molecule has 0 N–H and O–H groups in total. The molecule has 0 radical (unpaired) electrons. The lowest BCUT2D eigenvalue weighted by atomic mass is 9.90. The fourth-order valence-electron chi connectivity index (χ4n) is 1.89. The Morgan fingerprint density at radius 1 is 1.23 bits per heavy atom. The summed E-state index contributed by atoms with van der Waals surface area (Å²) in [7, 11) is 0. The summed E-state index contributed by atoms with van der Waals surface area (Å²) in [6, 6.07) is 0. The molecule has 0 aromatic heterocycles. The van der Waals surface area contributed by atoms with Gasteiger partial charge in [-0.3, -0.25) is 0 Å². The van der Waals surface area contributed by atoms with Gasteiger partial charge >= 0.3 is 0 Å². The summed E-state index contributed by atoms with van der Waals surface area (Å²) in [6.07, 6.45) is 9.17. The Morgan fingerprint density at radius 3 is 2.38 bits per heavy atom. The van der Waals surface area contributed by atoms with E-state index >= 15 is 0 Å². The third kappa shape index (κ3) is 4.36. The minimum atomic E-state index is 0.921. The van der Waals surface area contributed by atoms with Gasteiger partial charge in [0.2, 0.25) is 0 Å². The van der Waals surface area contributed by atoms with Gasteiger partial charge in [0.15, 0.2) is 0 Å². The van der Waals surface area contributed by atoms with Crippen LogP contribution in [-0.2, 0) is 0 Å². The number of hydrogen-bond acceptors (Lipinski definition) is 0. The zero-order chi connectivity index (χ0) is 9.52. The van der Waals surface area contributed by atoms with Crippen LogP contribution in [0.3, 0.4) is 0 Å². The topological polar surface area (TPSA) is 0 Å². The Balaban J connectivity index is 2.14. The maximum atomic E-state index is 3.23. The van der Waals surface area contributed by atoms with E-state index in [2.05, 4.69) is 25.7 Å². The minimum Gasteiger partial charge on any atom is -0.103 e. The maximum absolute atomic E-state index is 3.23. The third-order valence-electron chi connectivity index (χ3n) is 3.24. The van der Waals surface area contributed by atoms with Crippen LogP contribution in [0.4, 0.5) is 0 Å². The first-order valence-corrected chi connectivity index (χ1v) is 5.78. The Bertz CT molecular complexity index is 170. The zero-order valence-corrected chi connectivity index (χ0v) is 9.10. The average molecular weight is 178 g/mol. The second-order valence-corrected chi connectivity index (χ2v) is 4.39. The molecule has 0 saturated carbocycles. The highest BCUT2D eigenvalue weighted by atomic mass is 14.2. The molecule has 74 valence electrons. The lowest BCUT2D eigenvalue weighted by Crippen LogP contribution is -2.02. The van der Waals surface area contributed by atoms with E-state index in [0.717, 1.165) is 24.7 Å². The lowest BCUT2D eigenvalue weighted by molar-refractivity contribution is 0.374. The monoisotopic (exact) mass is 178 g/mol. The highest BCUT2D eigenvalue weighted by Gasteiger charge is 2.10. The smallest absolute Gasteiger partial charge is 0.00913 e. The van der Waals surface area contributed by atoms with Crippen LogP contribution < -0.4 is 0 Å². The van der Waals surface area contributed by atoms with Crippen LogP contribution >= 0.6 is 0 Å². The molecule has 0 aromatic rings. The van der Waals surface area contributed by atoms with Crippen molar-refractivity contribution < 1.29 is 0 Å². The molecule has 0 aliphatic heterocycles.